The summed E-state index contributed by atoms with van der Waals surface area (Å²) in [6.45, 7) is 1.38. The number of nitrogens with zero attached hydrogens (tertiary/aromatic N) is 1. The number of benzene rings is 2. The molecule has 0 unspecified atom stereocenters. The van der Waals surface area contributed by atoms with E-state index in [9.17, 15) is 19.7 Å². The van der Waals surface area contributed by atoms with E-state index in [-0.39, 0.29) is 27.7 Å². The van der Waals surface area contributed by atoms with Crippen LogP contribution in [0.5, 0.6) is 5.75 Å². The highest BCUT2D eigenvalue weighted by atomic mass is 35.5. The Balaban J connectivity index is 2.14. The number of thioether (sulfide) groups is 1. The molecule has 8 nitrogen and oxygen atoms in total. The lowest BCUT2D eigenvalue weighted by molar-refractivity contribution is -0.384. The number of nitrogens with one attached hydrogen (secondary N) is 1. The predicted molar refractivity (Wildman–Crippen MR) is 106 cm³/mol. The minimum Gasteiger partial charge on any atom is -0.495 e. The first-order chi connectivity index (χ1) is 13.3. The third-order valence-electron chi connectivity index (χ3n) is 3.70. The van der Waals surface area contributed by atoms with Crippen LogP contribution in [0.15, 0.2) is 41.3 Å². The molecule has 1 amide bonds. The Hall–Kier alpha value is -2.78. The summed E-state index contributed by atoms with van der Waals surface area (Å²) in [5.41, 5.74) is 0.00881. The smallest absolute Gasteiger partial charge is 0.340 e. The van der Waals surface area contributed by atoms with E-state index in [0.717, 1.165) is 11.0 Å². The molecule has 0 saturated carbocycles. The maximum absolute atomic E-state index is 12.4. The molecule has 2 aromatic rings. The zero-order valence-electron chi connectivity index (χ0n) is 15.2. The Morgan fingerprint density at radius 1 is 1.25 bits per heavy atom. The third kappa shape index (κ3) is 5.14. The van der Waals surface area contributed by atoms with E-state index in [4.69, 9.17) is 21.1 Å². The van der Waals surface area contributed by atoms with Crippen molar-refractivity contribution in [3.05, 3.63) is 57.1 Å². The molecular weight excluding hydrogens is 408 g/mol. The van der Waals surface area contributed by atoms with Crippen molar-refractivity contribution in [2.24, 2.45) is 0 Å². The fourth-order valence-electron chi connectivity index (χ4n) is 2.21. The van der Waals surface area contributed by atoms with Gasteiger partial charge in [0.2, 0.25) is 0 Å². The highest BCUT2D eigenvalue weighted by Crippen LogP contribution is 2.29. The molecule has 0 radical (unpaired) electrons. The maximum atomic E-state index is 12.4. The van der Waals surface area contributed by atoms with Crippen LogP contribution in [0.1, 0.15) is 17.3 Å². The van der Waals surface area contributed by atoms with E-state index >= 15 is 0 Å². The SMILES string of the molecule is COc1ccc([N+](=O)[O-])cc1NC(=O)[C@H](C)OC(=O)c1cc(SC)ccc1Cl. The zero-order chi connectivity index (χ0) is 20.8. The summed E-state index contributed by atoms with van der Waals surface area (Å²) in [6.07, 6.45) is 0.673. The number of carbonyl (C=O) groups is 2. The second kappa shape index (κ2) is 9.43. The average molecular weight is 425 g/mol. The van der Waals surface area contributed by atoms with Gasteiger partial charge in [0.15, 0.2) is 6.10 Å². The van der Waals surface area contributed by atoms with Crippen LogP contribution < -0.4 is 10.1 Å². The molecule has 0 bridgehead atoms. The van der Waals surface area contributed by atoms with Crippen LogP contribution in [0.4, 0.5) is 11.4 Å². The summed E-state index contributed by atoms with van der Waals surface area (Å²) in [5.74, 6) is -1.20. The van der Waals surface area contributed by atoms with Gasteiger partial charge in [-0.1, -0.05) is 11.6 Å². The number of non-ortho nitro benzene ring substituents is 1. The first-order valence-electron chi connectivity index (χ1n) is 7.94. The molecule has 28 heavy (non-hydrogen) atoms. The first kappa shape index (κ1) is 21.5. The lowest BCUT2D eigenvalue weighted by Crippen LogP contribution is -2.30. The van der Waals surface area contributed by atoms with Crippen LogP contribution in [-0.2, 0) is 9.53 Å². The monoisotopic (exact) mass is 424 g/mol. The number of anilines is 1. The Labute approximate surface area is 170 Å². The van der Waals surface area contributed by atoms with Crippen LogP contribution in [0.3, 0.4) is 0 Å². The van der Waals surface area contributed by atoms with E-state index < -0.39 is 22.9 Å². The van der Waals surface area contributed by atoms with Gasteiger partial charge in [-0.15, -0.1) is 11.8 Å². The number of hydrogen-bond donors (Lipinski definition) is 1. The van der Waals surface area contributed by atoms with Crippen LogP contribution in [-0.4, -0.2) is 36.3 Å². The largest absolute Gasteiger partial charge is 0.495 e. The van der Waals surface area contributed by atoms with Crippen molar-refractivity contribution in [3.8, 4) is 5.75 Å². The molecule has 0 aliphatic heterocycles. The number of ether oxygens (including phenoxy) is 2. The number of hydrogen-bond acceptors (Lipinski definition) is 7. The molecule has 148 valence electrons. The highest BCUT2D eigenvalue weighted by molar-refractivity contribution is 7.98. The Kier molecular flexibility index (Phi) is 7.24. The van der Waals surface area contributed by atoms with Gasteiger partial charge in [-0.25, -0.2) is 4.79 Å². The third-order valence-corrected chi connectivity index (χ3v) is 4.75. The molecule has 2 aromatic carbocycles. The minimum absolute atomic E-state index is 0.0898. The predicted octanol–water partition coefficient (Wildman–Crippen LogP) is 4.16. The van der Waals surface area contributed by atoms with Gasteiger partial charge in [0, 0.05) is 17.0 Å². The van der Waals surface area contributed by atoms with Gasteiger partial charge in [-0.3, -0.25) is 14.9 Å². The second-order valence-corrected chi connectivity index (χ2v) is 6.81. The van der Waals surface area contributed by atoms with E-state index in [2.05, 4.69) is 5.32 Å². The lowest BCUT2D eigenvalue weighted by atomic mass is 10.2. The average Bonchev–Trinajstić information content (AvgIpc) is 2.67. The molecule has 10 heteroatoms. The van der Waals surface area contributed by atoms with E-state index in [1.807, 2.05) is 6.26 Å². The number of carbonyl (C=O) groups excluding carboxylic acids is 2. The molecule has 0 fully saturated rings. The lowest BCUT2D eigenvalue weighted by Gasteiger charge is -2.15. The van der Waals surface area contributed by atoms with Gasteiger partial charge in [0.1, 0.15) is 5.75 Å². The van der Waals surface area contributed by atoms with Crippen LogP contribution in [0, 0.1) is 10.1 Å². The number of nitro benzene ring substituents is 1. The number of halogens is 1. The number of methoxy groups -OCH3 is 1. The van der Waals surface area contributed by atoms with Crippen LogP contribution in [0.2, 0.25) is 5.02 Å². The van der Waals surface area contributed by atoms with E-state index in [0.29, 0.717) is 0 Å². The molecule has 0 aliphatic carbocycles. The van der Waals surface area contributed by atoms with Crippen molar-refractivity contribution in [3.63, 3.8) is 0 Å². The van der Waals surface area contributed by atoms with Gasteiger partial charge in [-0.05, 0) is 37.4 Å². The van der Waals surface area contributed by atoms with Gasteiger partial charge in [0.25, 0.3) is 11.6 Å². The Morgan fingerprint density at radius 3 is 2.57 bits per heavy atom. The van der Waals surface area contributed by atoms with Crippen molar-refractivity contribution in [1.29, 1.82) is 0 Å². The number of nitro groups is 1. The van der Waals surface area contributed by atoms with Crippen molar-refractivity contribution < 1.29 is 24.0 Å². The number of amides is 1. The molecule has 1 atom stereocenters. The standard InChI is InChI=1S/C18H17ClN2O6S/c1-10(27-18(23)13-9-12(28-3)5-6-14(13)19)17(22)20-15-8-11(21(24)25)4-7-16(15)26-2/h4-10H,1-3H3,(H,20,22)/t10-/m0/s1. The summed E-state index contributed by atoms with van der Waals surface area (Å²) in [4.78, 5) is 35.9. The second-order valence-electron chi connectivity index (χ2n) is 5.52. The number of esters is 1. The Bertz CT molecular complexity index is 921. The van der Waals surface area contributed by atoms with Gasteiger partial charge < -0.3 is 14.8 Å². The molecule has 0 heterocycles. The summed E-state index contributed by atoms with van der Waals surface area (Å²) in [7, 11) is 1.36. The highest BCUT2D eigenvalue weighted by Gasteiger charge is 2.23. The Morgan fingerprint density at radius 2 is 1.96 bits per heavy atom. The molecule has 0 spiro atoms. The normalized spacial score (nSPS) is 11.4. The van der Waals surface area contributed by atoms with Crippen LogP contribution >= 0.6 is 23.4 Å². The maximum Gasteiger partial charge on any atom is 0.340 e. The van der Waals surface area contributed by atoms with Crippen molar-refractivity contribution in [1.82, 2.24) is 0 Å². The minimum atomic E-state index is -1.18. The molecule has 2 rings (SSSR count). The van der Waals surface area contributed by atoms with Crippen molar-refractivity contribution in [2.45, 2.75) is 17.9 Å². The van der Waals surface area contributed by atoms with Crippen molar-refractivity contribution >= 4 is 46.6 Å². The fraction of sp³-hybridized carbons (Fsp3) is 0.222. The molecule has 0 aliphatic rings. The topological polar surface area (TPSA) is 108 Å². The van der Waals surface area contributed by atoms with Gasteiger partial charge in [0.05, 0.1) is 28.3 Å². The molecule has 1 N–H and O–H groups in total. The van der Waals surface area contributed by atoms with Crippen molar-refractivity contribution in [2.75, 3.05) is 18.7 Å². The zero-order valence-corrected chi connectivity index (χ0v) is 16.8. The first-order valence-corrected chi connectivity index (χ1v) is 9.55. The van der Waals surface area contributed by atoms with E-state index in [1.54, 1.807) is 18.2 Å². The number of rotatable bonds is 7. The van der Waals surface area contributed by atoms with Gasteiger partial charge in [-0.2, -0.15) is 0 Å². The summed E-state index contributed by atoms with van der Waals surface area (Å²) in [6, 6.07) is 8.67. The summed E-state index contributed by atoms with van der Waals surface area (Å²) in [5, 5.41) is 13.6. The van der Waals surface area contributed by atoms with E-state index in [1.165, 1.54) is 37.9 Å². The quantitative estimate of drug-likeness (QED) is 0.307. The summed E-state index contributed by atoms with van der Waals surface area (Å²) < 4.78 is 10.3. The molecular formula is C18H17ClN2O6S. The fourth-order valence-corrected chi connectivity index (χ4v) is 2.84. The van der Waals surface area contributed by atoms with Crippen LogP contribution in [0.25, 0.3) is 0 Å². The molecule has 0 saturated heterocycles. The van der Waals surface area contributed by atoms with Gasteiger partial charge >= 0.3 is 5.97 Å². The summed E-state index contributed by atoms with van der Waals surface area (Å²) >= 11 is 7.47. The molecule has 0 aromatic heterocycles.